The van der Waals surface area contributed by atoms with Crippen LogP contribution in [0.3, 0.4) is 0 Å². The molecule has 0 aromatic rings. The molecule has 0 heterocycles. The van der Waals surface area contributed by atoms with E-state index >= 15 is 0 Å². The summed E-state index contributed by atoms with van der Waals surface area (Å²) in [4.78, 5) is 0. The van der Waals surface area contributed by atoms with Gasteiger partial charge in [0.25, 0.3) is 0 Å². The van der Waals surface area contributed by atoms with Gasteiger partial charge in [0, 0.05) is 17.1 Å². The minimum atomic E-state index is 0. The zero-order valence-electron chi connectivity index (χ0n) is 1.58. The van der Waals surface area contributed by atoms with Crippen molar-refractivity contribution in [2.24, 2.45) is 0 Å². The van der Waals surface area contributed by atoms with Crippen molar-refractivity contribution in [3.63, 3.8) is 0 Å². The quantitative estimate of drug-likeness (QED) is 0.501. The van der Waals surface area contributed by atoms with Gasteiger partial charge in [0.2, 0.25) is 0 Å². The van der Waals surface area contributed by atoms with Crippen LogP contribution in [0.4, 0.5) is 0 Å². The summed E-state index contributed by atoms with van der Waals surface area (Å²) in [5.74, 6) is 0. The molecule has 40 valence electrons. The first-order chi connectivity index (χ1) is 0. The van der Waals surface area contributed by atoms with Crippen molar-refractivity contribution in [3.05, 3.63) is 0 Å². The minimum absolute atomic E-state index is 0. The Morgan fingerprint density at radius 3 is 0.600 bits per heavy atom. The summed E-state index contributed by atoms with van der Waals surface area (Å²) in [7, 11) is 0. The number of halogens is 3. The topological polar surface area (TPSA) is 0 Å². The van der Waals surface area contributed by atoms with Crippen molar-refractivity contribution in [3.8, 4) is 0 Å². The number of hydrogen-bond acceptors (Lipinski definition) is 0. The molecule has 0 amide bonds. The normalized spacial score (nSPS) is 0. The van der Waals surface area contributed by atoms with E-state index in [2.05, 4.69) is 0 Å². The fraction of sp³-hybridized carbons (Fsp3) is 1.00. The van der Waals surface area contributed by atoms with Gasteiger partial charge in [-0.15, -0.1) is 37.2 Å². The van der Waals surface area contributed by atoms with E-state index in [1.165, 1.54) is 0 Å². The Morgan fingerprint density at radius 2 is 0.600 bits per heavy atom. The van der Waals surface area contributed by atoms with Crippen LogP contribution in [0.15, 0.2) is 0 Å². The first-order valence-electron chi connectivity index (χ1n) is 0. The Morgan fingerprint density at radius 1 is 0.600 bits per heavy atom. The van der Waals surface area contributed by atoms with Gasteiger partial charge in [-0.3, -0.25) is 0 Å². The van der Waals surface area contributed by atoms with E-state index in [-0.39, 0.29) is 61.7 Å². The van der Waals surface area contributed by atoms with E-state index < -0.39 is 0 Å². The molecule has 0 aliphatic heterocycles. The van der Waals surface area contributed by atoms with Crippen LogP contribution in [0.2, 0.25) is 0 Å². The van der Waals surface area contributed by atoms with E-state index in [1.807, 2.05) is 0 Å². The second-order valence-electron chi connectivity index (χ2n) is 0. The van der Waals surface area contributed by atoms with Crippen molar-refractivity contribution in [2.75, 3.05) is 0 Å². The van der Waals surface area contributed by atoms with Crippen LogP contribution >= 0.6 is 37.2 Å². The van der Waals surface area contributed by atoms with Crippen LogP contribution in [0, 0.1) is 0 Å². The largest absolute Gasteiger partial charge is 0.147 e. The van der Waals surface area contributed by atoms with Gasteiger partial charge in [0.05, 0.1) is 0 Å². The maximum Gasteiger partial charge on any atom is 0 e. The van der Waals surface area contributed by atoms with Crippen molar-refractivity contribution in [1.82, 2.24) is 0 Å². The molecule has 0 aromatic heterocycles. The van der Waals surface area contributed by atoms with Gasteiger partial charge in [-0.25, -0.2) is 0 Å². The molecule has 5 heavy (non-hydrogen) atoms. The van der Waals surface area contributed by atoms with Gasteiger partial charge in [-0.05, 0) is 0 Å². The molecule has 0 rings (SSSR count). The van der Waals surface area contributed by atoms with Gasteiger partial charge in [0.1, 0.15) is 0 Å². The molecule has 0 aliphatic rings. The summed E-state index contributed by atoms with van der Waals surface area (Å²) in [6.45, 7) is 0. The zero-order valence-corrected chi connectivity index (χ0v) is 5.13. The van der Waals surface area contributed by atoms with Crippen LogP contribution in [-0.4, -0.2) is 0 Å². The predicted octanol–water partition coefficient (Wildman–Crippen LogP) is 1.90. The second kappa shape index (κ2) is 53.8. The molecule has 0 radical (unpaired) electrons. The van der Waals surface area contributed by atoms with Crippen LogP contribution in [0.5, 0.6) is 0 Å². The Bertz CT molecular complexity index is 6.85. The molecule has 0 nitrogen and oxygen atoms in total. The molecule has 0 unspecified atom stereocenters. The van der Waals surface area contributed by atoms with Crippen molar-refractivity contribution in [1.29, 1.82) is 0 Å². The molecule has 0 saturated carbocycles. The minimum Gasteiger partial charge on any atom is -0.147 e. The molecule has 0 aliphatic carbocycles. The summed E-state index contributed by atoms with van der Waals surface area (Å²) >= 11 is 0. The molecule has 0 atom stereocenters. The fourth-order valence-electron chi connectivity index (χ4n) is 0. The monoisotopic (exact) mass is 180 g/mol. The third-order valence-corrected chi connectivity index (χ3v) is 0. The number of rotatable bonds is 0. The smallest absolute Gasteiger partial charge is 0 e. The van der Waals surface area contributed by atoms with E-state index in [9.17, 15) is 0 Å². The molecule has 4 heteroatoms. The molecule has 0 saturated heterocycles. The van der Waals surface area contributed by atoms with Crippen LogP contribution in [-0.2, 0) is 17.1 Å². The standard InChI is InChI=1S/CH4.3ClH.Fe/h1H4;3*1H;. The van der Waals surface area contributed by atoms with Crippen LogP contribution in [0.25, 0.3) is 0 Å². The third-order valence-electron chi connectivity index (χ3n) is 0. The molecule has 0 aromatic carbocycles. The molecule has 0 fully saturated rings. The molecular formula is CH7Cl3Fe. The van der Waals surface area contributed by atoms with Gasteiger partial charge < -0.3 is 0 Å². The summed E-state index contributed by atoms with van der Waals surface area (Å²) < 4.78 is 0. The molecule has 0 spiro atoms. The average Bonchev–Trinajstić information content (AvgIpc) is 0. The summed E-state index contributed by atoms with van der Waals surface area (Å²) in [5.41, 5.74) is 0. The van der Waals surface area contributed by atoms with E-state index in [0.29, 0.717) is 0 Å². The van der Waals surface area contributed by atoms with Gasteiger partial charge >= 0.3 is 0 Å². The zero-order chi connectivity index (χ0) is 0. The molecular weight excluding hydrogens is 174 g/mol. The Labute approximate surface area is 61.8 Å². The van der Waals surface area contributed by atoms with E-state index in [1.54, 1.807) is 0 Å². The van der Waals surface area contributed by atoms with Crippen LogP contribution in [0.1, 0.15) is 7.43 Å². The first kappa shape index (κ1) is 96.1. The fourth-order valence-corrected chi connectivity index (χ4v) is 0. The first-order valence-corrected chi connectivity index (χ1v) is 0. The van der Waals surface area contributed by atoms with Crippen molar-refractivity contribution >= 4 is 37.2 Å². The number of hydrogen-bond donors (Lipinski definition) is 0. The summed E-state index contributed by atoms with van der Waals surface area (Å²) in [6, 6.07) is 0. The summed E-state index contributed by atoms with van der Waals surface area (Å²) in [5, 5.41) is 0. The Balaban J connectivity index is 0. The van der Waals surface area contributed by atoms with Gasteiger partial charge in [-0.2, -0.15) is 0 Å². The Hall–Kier alpha value is 1.39. The summed E-state index contributed by atoms with van der Waals surface area (Å²) in [6.07, 6.45) is 0. The SMILES string of the molecule is C.Cl.Cl.Cl.[Fe]. The molecule has 0 bridgehead atoms. The second-order valence-corrected chi connectivity index (χ2v) is 0. The Kier molecular flexibility index (Phi) is 1030. The predicted molar refractivity (Wildman–Crippen MR) is 28.5 cm³/mol. The van der Waals surface area contributed by atoms with Gasteiger partial charge in [0.15, 0.2) is 0 Å². The van der Waals surface area contributed by atoms with Crippen LogP contribution < -0.4 is 0 Å². The van der Waals surface area contributed by atoms with E-state index in [4.69, 9.17) is 0 Å². The maximum atomic E-state index is 0. The van der Waals surface area contributed by atoms with Gasteiger partial charge in [-0.1, -0.05) is 7.43 Å². The molecule has 0 N–H and O–H groups in total. The third kappa shape index (κ3) is 32.1. The van der Waals surface area contributed by atoms with Crippen molar-refractivity contribution in [2.45, 2.75) is 7.43 Å². The average molecular weight is 181 g/mol. The van der Waals surface area contributed by atoms with Crippen molar-refractivity contribution < 1.29 is 17.1 Å². The van der Waals surface area contributed by atoms with E-state index in [0.717, 1.165) is 0 Å². The maximum absolute atomic E-state index is 0.